The fourth-order valence-electron chi connectivity index (χ4n) is 3.99. The molecule has 0 fully saturated rings. The van der Waals surface area contributed by atoms with Crippen molar-refractivity contribution in [3.8, 4) is 0 Å². The third-order valence-corrected chi connectivity index (χ3v) is 5.48. The molecule has 2 aromatic carbocycles. The third-order valence-electron chi connectivity index (χ3n) is 5.25. The number of H-pyrrole nitrogens is 1. The van der Waals surface area contributed by atoms with E-state index in [4.69, 9.17) is 11.6 Å². The Labute approximate surface area is 159 Å². The number of pyridine rings is 1. The van der Waals surface area contributed by atoms with E-state index in [-0.39, 0.29) is 10.6 Å². The van der Waals surface area contributed by atoms with E-state index in [1.54, 1.807) is 18.5 Å². The van der Waals surface area contributed by atoms with E-state index in [1.807, 2.05) is 30.3 Å². The van der Waals surface area contributed by atoms with Crippen LogP contribution in [0.5, 0.6) is 0 Å². The number of nitrogens with zero attached hydrogens (tertiary/aromatic N) is 3. The van der Waals surface area contributed by atoms with Gasteiger partial charge in [-0.15, -0.1) is 0 Å². The molecule has 0 bridgehead atoms. The van der Waals surface area contributed by atoms with Gasteiger partial charge in [0.1, 0.15) is 0 Å². The fraction of sp³-hybridized carbons (Fsp3) is 0.150. The van der Waals surface area contributed by atoms with Crippen molar-refractivity contribution in [2.24, 2.45) is 0 Å². The third kappa shape index (κ3) is 2.52. The molecule has 27 heavy (non-hydrogen) atoms. The molecule has 4 aromatic rings. The fourth-order valence-corrected chi connectivity index (χ4v) is 4.16. The summed E-state index contributed by atoms with van der Waals surface area (Å²) in [6.45, 7) is 1.56. The summed E-state index contributed by atoms with van der Waals surface area (Å²) in [5.74, 6) is 0. The number of rotatable bonds is 2. The number of hydrogen-bond acceptors (Lipinski definition) is 4. The minimum Gasteiger partial charge on any atom is -0.366 e. The number of nitro groups is 1. The normalized spacial score (nSPS) is 13.9. The average Bonchev–Trinajstić information content (AvgIpc) is 3.04. The predicted molar refractivity (Wildman–Crippen MR) is 106 cm³/mol. The molecule has 0 unspecified atom stereocenters. The molecule has 0 spiro atoms. The lowest BCUT2D eigenvalue weighted by atomic mass is 10.0. The van der Waals surface area contributed by atoms with Gasteiger partial charge in [0.05, 0.1) is 10.3 Å². The summed E-state index contributed by atoms with van der Waals surface area (Å²) in [4.78, 5) is 20.8. The van der Waals surface area contributed by atoms with E-state index in [1.165, 1.54) is 11.3 Å². The lowest BCUT2D eigenvalue weighted by Crippen LogP contribution is -2.30. The van der Waals surface area contributed by atoms with Crippen LogP contribution >= 0.6 is 11.6 Å². The average molecular weight is 379 g/mol. The van der Waals surface area contributed by atoms with Crippen molar-refractivity contribution in [3.63, 3.8) is 0 Å². The molecular formula is C20H15ClN4O2. The molecule has 134 valence electrons. The Hall–Kier alpha value is -3.12. The molecule has 1 aliphatic rings. The Bertz CT molecular complexity index is 1220. The lowest BCUT2D eigenvalue weighted by molar-refractivity contribution is -0.383. The number of benzene rings is 2. The molecule has 0 saturated carbocycles. The first-order valence-electron chi connectivity index (χ1n) is 8.67. The monoisotopic (exact) mass is 378 g/mol. The summed E-state index contributed by atoms with van der Waals surface area (Å²) >= 11 is 6.20. The van der Waals surface area contributed by atoms with Crippen molar-refractivity contribution in [3.05, 3.63) is 75.2 Å². The second-order valence-electron chi connectivity index (χ2n) is 6.73. The van der Waals surface area contributed by atoms with Crippen LogP contribution in [0.1, 0.15) is 11.3 Å². The van der Waals surface area contributed by atoms with Gasteiger partial charge < -0.3 is 9.88 Å². The Morgan fingerprint density at radius 3 is 2.89 bits per heavy atom. The molecule has 1 aliphatic heterocycles. The standard InChI is InChI=1S/C20H15ClN4O2/c21-12-1-2-17-14(9-12)16-11-24(8-6-18(16)23-17)19-3-4-20(25(26)27)15-10-22-7-5-13(15)19/h1-5,7,9-10,23H,6,8,11H2. The highest BCUT2D eigenvalue weighted by atomic mass is 35.5. The number of aromatic nitrogens is 2. The van der Waals surface area contributed by atoms with E-state index in [0.29, 0.717) is 10.4 Å². The zero-order chi connectivity index (χ0) is 18.5. The van der Waals surface area contributed by atoms with Crippen molar-refractivity contribution in [2.45, 2.75) is 13.0 Å². The minimum absolute atomic E-state index is 0.0819. The number of aromatic amines is 1. The van der Waals surface area contributed by atoms with Crippen molar-refractivity contribution < 1.29 is 4.92 Å². The van der Waals surface area contributed by atoms with Crippen LogP contribution in [-0.2, 0) is 13.0 Å². The highest BCUT2D eigenvalue weighted by Gasteiger charge is 2.24. The molecule has 0 radical (unpaired) electrons. The van der Waals surface area contributed by atoms with Gasteiger partial charge in [0, 0.05) is 76.2 Å². The summed E-state index contributed by atoms with van der Waals surface area (Å²) in [5, 5.41) is 14.6. The van der Waals surface area contributed by atoms with Crippen molar-refractivity contribution in [1.82, 2.24) is 9.97 Å². The van der Waals surface area contributed by atoms with Crippen LogP contribution in [0.15, 0.2) is 48.8 Å². The summed E-state index contributed by atoms with van der Waals surface area (Å²) in [6.07, 6.45) is 4.12. The number of non-ortho nitro benzene ring substituents is 1. The minimum atomic E-state index is -0.357. The Morgan fingerprint density at radius 1 is 1.15 bits per heavy atom. The molecule has 7 heteroatoms. The van der Waals surface area contributed by atoms with Crippen molar-refractivity contribution in [1.29, 1.82) is 0 Å². The molecule has 0 saturated heterocycles. The number of anilines is 1. The van der Waals surface area contributed by atoms with Gasteiger partial charge in [0.15, 0.2) is 0 Å². The van der Waals surface area contributed by atoms with Crippen LogP contribution in [0.25, 0.3) is 21.7 Å². The number of fused-ring (bicyclic) bond motifs is 4. The van der Waals surface area contributed by atoms with Gasteiger partial charge in [0.25, 0.3) is 5.69 Å². The number of nitro benzene ring substituents is 1. The van der Waals surface area contributed by atoms with E-state index in [9.17, 15) is 10.1 Å². The van der Waals surface area contributed by atoms with Gasteiger partial charge in [-0.05, 0) is 30.3 Å². The SMILES string of the molecule is O=[N+]([O-])c1ccc(N2CCc3[nH]c4ccc(Cl)cc4c3C2)c2ccncc12. The van der Waals surface area contributed by atoms with E-state index in [0.717, 1.165) is 41.5 Å². The lowest BCUT2D eigenvalue weighted by Gasteiger charge is -2.30. The van der Waals surface area contributed by atoms with Crippen LogP contribution in [-0.4, -0.2) is 21.4 Å². The molecule has 1 N–H and O–H groups in total. The number of hydrogen-bond donors (Lipinski definition) is 1. The molecule has 0 atom stereocenters. The zero-order valence-corrected chi connectivity index (χ0v) is 15.0. The summed E-state index contributed by atoms with van der Waals surface area (Å²) in [7, 11) is 0. The molecule has 5 rings (SSSR count). The maximum absolute atomic E-state index is 11.4. The maximum Gasteiger partial charge on any atom is 0.278 e. The summed E-state index contributed by atoms with van der Waals surface area (Å²) < 4.78 is 0. The van der Waals surface area contributed by atoms with Crippen LogP contribution < -0.4 is 4.90 Å². The second kappa shape index (κ2) is 5.96. The first-order valence-corrected chi connectivity index (χ1v) is 9.04. The van der Waals surface area contributed by atoms with Gasteiger partial charge in [-0.1, -0.05) is 11.6 Å². The Morgan fingerprint density at radius 2 is 2.04 bits per heavy atom. The molecule has 6 nitrogen and oxygen atoms in total. The van der Waals surface area contributed by atoms with Gasteiger partial charge in [-0.2, -0.15) is 0 Å². The smallest absolute Gasteiger partial charge is 0.278 e. The molecule has 0 aliphatic carbocycles. The van der Waals surface area contributed by atoms with Gasteiger partial charge in [-0.25, -0.2) is 0 Å². The van der Waals surface area contributed by atoms with E-state index < -0.39 is 0 Å². The first-order chi connectivity index (χ1) is 13.1. The summed E-state index contributed by atoms with van der Waals surface area (Å²) in [5.41, 5.74) is 4.62. The molecule has 0 amide bonds. The van der Waals surface area contributed by atoms with Gasteiger partial charge in [0.2, 0.25) is 0 Å². The van der Waals surface area contributed by atoms with E-state index >= 15 is 0 Å². The highest BCUT2D eigenvalue weighted by molar-refractivity contribution is 6.31. The topological polar surface area (TPSA) is 75.1 Å². The predicted octanol–water partition coefficient (Wildman–Crippen LogP) is 4.84. The maximum atomic E-state index is 11.4. The van der Waals surface area contributed by atoms with Gasteiger partial charge in [-0.3, -0.25) is 15.1 Å². The number of nitrogens with one attached hydrogen (secondary N) is 1. The van der Waals surface area contributed by atoms with Crippen LogP contribution in [0, 0.1) is 10.1 Å². The first kappa shape index (κ1) is 16.1. The molecule has 2 aromatic heterocycles. The van der Waals surface area contributed by atoms with Gasteiger partial charge >= 0.3 is 0 Å². The Balaban J connectivity index is 1.63. The zero-order valence-electron chi connectivity index (χ0n) is 14.3. The van der Waals surface area contributed by atoms with Crippen LogP contribution in [0.4, 0.5) is 11.4 Å². The molecular weight excluding hydrogens is 364 g/mol. The number of halogens is 1. The highest BCUT2D eigenvalue weighted by Crippen LogP contribution is 2.37. The quantitative estimate of drug-likeness (QED) is 0.400. The van der Waals surface area contributed by atoms with Crippen LogP contribution in [0.2, 0.25) is 5.02 Å². The van der Waals surface area contributed by atoms with Crippen LogP contribution in [0.3, 0.4) is 0 Å². The van der Waals surface area contributed by atoms with Crippen molar-refractivity contribution in [2.75, 3.05) is 11.4 Å². The molecule has 3 heterocycles. The van der Waals surface area contributed by atoms with Crippen molar-refractivity contribution >= 4 is 44.7 Å². The van der Waals surface area contributed by atoms with E-state index in [2.05, 4.69) is 14.9 Å². The second-order valence-corrected chi connectivity index (χ2v) is 7.16. The summed E-state index contributed by atoms with van der Waals surface area (Å²) in [6, 6.07) is 11.1. The largest absolute Gasteiger partial charge is 0.366 e. The Kier molecular flexibility index (Phi) is 3.55.